The van der Waals surface area contributed by atoms with E-state index >= 15 is 0 Å². The maximum atomic E-state index is 8.54. The average molecular weight is 125 g/mol. The Balaban J connectivity index is 2.69. The van der Waals surface area contributed by atoms with Gasteiger partial charge in [-0.25, -0.2) is 0 Å². The van der Waals surface area contributed by atoms with Crippen LogP contribution in [0.4, 0.5) is 0 Å². The molecule has 0 radical (unpaired) electrons. The fourth-order valence-electron chi connectivity index (χ4n) is 0.863. The van der Waals surface area contributed by atoms with E-state index in [-0.39, 0.29) is 6.61 Å². The van der Waals surface area contributed by atoms with Gasteiger partial charge in [-0.2, -0.15) is 0 Å². The summed E-state index contributed by atoms with van der Waals surface area (Å²) in [6.07, 6.45) is 2.62. The largest absolute Gasteiger partial charge is 0.396 e. The Morgan fingerprint density at radius 3 is 2.89 bits per heavy atom. The van der Waals surface area contributed by atoms with Crippen LogP contribution in [0.15, 0.2) is 12.3 Å². The number of aryl methyl sites for hydroxylation is 1. The second-order valence-electron chi connectivity index (χ2n) is 2.11. The van der Waals surface area contributed by atoms with Gasteiger partial charge in [0.2, 0.25) is 0 Å². The molecule has 1 rings (SSSR count). The highest BCUT2D eigenvalue weighted by molar-refractivity contribution is 5.18. The molecule has 0 fully saturated rings. The van der Waals surface area contributed by atoms with E-state index < -0.39 is 0 Å². The van der Waals surface area contributed by atoms with Crippen molar-refractivity contribution in [3.8, 4) is 0 Å². The zero-order chi connectivity index (χ0) is 6.69. The summed E-state index contributed by atoms with van der Waals surface area (Å²) >= 11 is 0. The number of aliphatic hydroxyl groups excluding tert-OH is 1. The van der Waals surface area contributed by atoms with Gasteiger partial charge < -0.3 is 10.1 Å². The highest BCUT2D eigenvalue weighted by Crippen LogP contribution is 2.03. The fraction of sp³-hybridized carbons (Fsp3) is 0.429. The molecule has 1 heterocycles. The summed E-state index contributed by atoms with van der Waals surface area (Å²) in [6.45, 7) is 2.25. The van der Waals surface area contributed by atoms with Crippen molar-refractivity contribution in [2.75, 3.05) is 6.61 Å². The van der Waals surface area contributed by atoms with E-state index in [4.69, 9.17) is 5.11 Å². The molecule has 0 aliphatic rings. The zero-order valence-corrected chi connectivity index (χ0v) is 5.52. The number of rotatable bonds is 2. The van der Waals surface area contributed by atoms with E-state index in [2.05, 4.69) is 4.98 Å². The zero-order valence-electron chi connectivity index (χ0n) is 5.52. The Morgan fingerprint density at radius 1 is 1.67 bits per heavy atom. The molecule has 0 spiro atoms. The summed E-state index contributed by atoms with van der Waals surface area (Å²) in [4.78, 5) is 3.05. The third-order valence-electron chi connectivity index (χ3n) is 1.43. The lowest BCUT2D eigenvalue weighted by atomic mass is 10.2. The predicted octanol–water partition coefficient (Wildman–Crippen LogP) is 0.858. The average Bonchev–Trinajstić information content (AvgIpc) is 2.18. The van der Waals surface area contributed by atoms with Gasteiger partial charge in [-0.05, 0) is 18.6 Å². The van der Waals surface area contributed by atoms with Crippen LogP contribution in [0, 0.1) is 6.92 Å². The molecule has 2 N–H and O–H groups in total. The van der Waals surface area contributed by atoms with Crippen molar-refractivity contribution < 1.29 is 5.11 Å². The number of aromatic amines is 1. The lowest BCUT2D eigenvalue weighted by molar-refractivity contribution is 0.298. The van der Waals surface area contributed by atoms with Gasteiger partial charge in [0.1, 0.15) is 0 Å². The molecule has 0 amide bonds. The first kappa shape index (κ1) is 6.36. The van der Waals surface area contributed by atoms with Crippen LogP contribution < -0.4 is 0 Å². The van der Waals surface area contributed by atoms with Gasteiger partial charge in [0, 0.05) is 24.9 Å². The molecule has 0 unspecified atom stereocenters. The molecule has 2 heteroatoms. The van der Waals surface area contributed by atoms with E-state index in [0.29, 0.717) is 0 Å². The first-order valence-electron chi connectivity index (χ1n) is 3.08. The van der Waals surface area contributed by atoms with Crippen molar-refractivity contribution >= 4 is 0 Å². The minimum absolute atomic E-state index is 0.224. The summed E-state index contributed by atoms with van der Waals surface area (Å²) in [7, 11) is 0. The van der Waals surface area contributed by atoms with Crippen LogP contribution in [0.5, 0.6) is 0 Å². The molecular weight excluding hydrogens is 114 g/mol. The molecule has 0 bridgehead atoms. The summed E-state index contributed by atoms with van der Waals surface area (Å²) in [5, 5.41) is 8.54. The molecule has 2 nitrogen and oxygen atoms in total. The second-order valence-corrected chi connectivity index (χ2v) is 2.11. The van der Waals surface area contributed by atoms with Crippen molar-refractivity contribution in [3.05, 3.63) is 23.5 Å². The van der Waals surface area contributed by atoms with Gasteiger partial charge in [-0.3, -0.25) is 0 Å². The van der Waals surface area contributed by atoms with Crippen LogP contribution in [-0.4, -0.2) is 16.7 Å². The number of hydrogen-bond donors (Lipinski definition) is 2. The topological polar surface area (TPSA) is 36.0 Å². The Hall–Kier alpha value is -0.760. The van der Waals surface area contributed by atoms with Crippen LogP contribution in [0.3, 0.4) is 0 Å². The molecule has 0 aliphatic heterocycles. The van der Waals surface area contributed by atoms with E-state index in [1.54, 1.807) is 0 Å². The molecular formula is C7H11NO. The molecule has 0 atom stereocenters. The monoisotopic (exact) mass is 125 g/mol. The van der Waals surface area contributed by atoms with Crippen LogP contribution in [0.1, 0.15) is 11.3 Å². The first-order valence-corrected chi connectivity index (χ1v) is 3.08. The quantitative estimate of drug-likeness (QED) is 0.604. The number of nitrogens with one attached hydrogen (secondary N) is 1. The smallest absolute Gasteiger partial charge is 0.0485 e. The van der Waals surface area contributed by atoms with E-state index in [9.17, 15) is 0 Å². The molecule has 50 valence electrons. The standard InChI is InChI=1S/C7H11NO/c1-6-2-4-8-7(6)3-5-9/h2,4,8-9H,3,5H2,1H3. The lowest BCUT2D eigenvalue weighted by Crippen LogP contribution is -1.91. The maximum Gasteiger partial charge on any atom is 0.0485 e. The molecule has 0 saturated carbocycles. The van der Waals surface area contributed by atoms with Crippen molar-refractivity contribution in [3.63, 3.8) is 0 Å². The highest BCUT2D eigenvalue weighted by Gasteiger charge is 1.94. The van der Waals surface area contributed by atoms with E-state index in [1.807, 2.05) is 19.2 Å². The number of aliphatic hydroxyl groups is 1. The van der Waals surface area contributed by atoms with Gasteiger partial charge in [-0.1, -0.05) is 0 Å². The van der Waals surface area contributed by atoms with Gasteiger partial charge in [0.05, 0.1) is 0 Å². The minimum atomic E-state index is 0.224. The lowest BCUT2D eigenvalue weighted by Gasteiger charge is -1.93. The van der Waals surface area contributed by atoms with E-state index in [0.717, 1.165) is 12.1 Å². The third-order valence-corrected chi connectivity index (χ3v) is 1.43. The van der Waals surface area contributed by atoms with Crippen molar-refractivity contribution in [1.82, 2.24) is 4.98 Å². The SMILES string of the molecule is Cc1cc[nH]c1CCO. The summed E-state index contributed by atoms with van der Waals surface area (Å²) in [5.41, 5.74) is 2.36. The number of H-pyrrole nitrogens is 1. The third kappa shape index (κ3) is 1.33. The number of aromatic nitrogens is 1. The number of hydrogen-bond acceptors (Lipinski definition) is 1. The summed E-state index contributed by atoms with van der Waals surface area (Å²) in [5.74, 6) is 0. The molecule has 0 aliphatic carbocycles. The maximum absolute atomic E-state index is 8.54. The van der Waals surface area contributed by atoms with Gasteiger partial charge in [0.25, 0.3) is 0 Å². The van der Waals surface area contributed by atoms with Crippen molar-refractivity contribution in [2.24, 2.45) is 0 Å². The Kier molecular flexibility index (Phi) is 1.90. The van der Waals surface area contributed by atoms with E-state index in [1.165, 1.54) is 5.56 Å². The summed E-state index contributed by atoms with van der Waals surface area (Å²) < 4.78 is 0. The highest BCUT2D eigenvalue weighted by atomic mass is 16.3. The predicted molar refractivity (Wildman–Crippen MR) is 36.3 cm³/mol. The normalized spacial score (nSPS) is 10.0. The minimum Gasteiger partial charge on any atom is -0.396 e. The van der Waals surface area contributed by atoms with Crippen LogP contribution in [0.2, 0.25) is 0 Å². The van der Waals surface area contributed by atoms with Crippen LogP contribution in [0.25, 0.3) is 0 Å². The fourth-order valence-corrected chi connectivity index (χ4v) is 0.863. The Labute approximate surface area is 54.5 Å². The van der Waals surface area contributed by atoms with Gasteiger partial charge in [0.15, 0.2) is 0 Å². The van der Waals surface area contributed by atoms with Crippen molar-refractivity contribution in [1.29, 1.82) is 0 Å². The van der Waals surface area contributed by atoms with Crippen LogP contribution >= 0.6 is 0 Å². The molecule has 0 aromatic carbocycles. The molecule has 1 aromatic rings. The molecule has 1 aromatic heterocycles. The Bertz CT molecular complexity index is 181. The molecule has 9 heavy (non-hydrogen) atoms. The van der Waals surface area contributed by atoms with Crippen LogP contribution in [-0.2, 0) is 6.42 Å². The van der Waals surface area contributed by atoms with Crippen molar-refractivity contribution in [2.45, 2.75) is 13.3 Å². The first-order chi connectivity index (χ1) is 4.34. The Morgan fingerprint density at radius 2 is 2.44 bits per heavy atom. The van der Waals surface area contributed by atoms with Gasteiger partial charge >= 0.3 is 0 Å². The summed E-state index contributed by atoms with van der Waals surface area (Å²) in [6, 6.07) is 2.00. The molecule has 0 saturated heterocycles. The second kappa shape index (κ2) is 2.69. The van der Waals surface area contributed by atoms with Gasteiger partial charge in [-0.15, -0.1) is 0 Å².